The first-order valence-corrected chi connectivity index (χ1v) is 7.02. The maximum atomic E-state index is 9.58. The third-order valence-corrected chi connectivity index (χ3v) is 3.93. The summed E-state index contributed by atoms with van der Waals surface area (Å²) in [5.74, 6) is 0.338. The molecule has 0 spiro atoms. The lowest BCUT2D eigenvalue weighted by molar-refractivity contribution is 0.471. The first-order chi connectivity index (χ1) is 9.38. The number of nitrogens with one attached hydrogen (secondary N) is 1. The van der Waals surface area contributed by atoms with E-state index in [1.54, 1.807) is 6.07 Å². The second kappa shape index (κ2) is 5.58. The standard InChI is InChI=1S/C18H23NO/c1-11-8-13(3)17(10-12(11)2)15(5)19-16-6-7-18(20)14(4)9-16/h6-10,15,19-20H,1-5H3. The molecule has 0 amide bonds. The van der Waals surface area contributed by atoms with Gasteiger partial charge in [0.15, 0.2) is 0 Å². The van der Waals surface area contributed by atoms with Gasteiger partial charge in [0, 0.05) is 11.7 Å². The van der Waals surface area contributed by atoms with Crippen LogP contribution in [0.2, 0.25) is 0 Å². The Balaban J connectivity index is 2.25. The molecule has 2 aromatic carbocycles. The van der Waals surface area contributed by atoms with Crippen LogP contribution in [0.1, 0.15) is 40.8 Å². The SMILES string of the molecule is Cc1cc(C)c(C(C)Nc2ccc(O)c(C)c2)cc1C. The topological polar surface area (TPSA) is 32.3 Å². The molecule has 0 aliphatic rings. The average Bonchev–Trinajstić information content (AvgIpc) is 2.38. The lowest BCUT2D eigenvalue weighted by Crippen LogP contribution is -2.09. The highest BCUT2D eigenvalue weighted by atomic mass is 16.3. The van der Waals surface area contributed by atoms with Crippen LogP contribution >= 0.6 is 0 Å². The zero-order valence-corrected chi connectivity index (χ0v) is 12.9. The number of hydrogen-bond acceptors (Lipinski definition) is 2. The fraction of sp³-hybridized carbons (Fsp3) is 0.333. The largest absolute Gasteiger partial charge is 0.508 e. The number of anilines is 1. The Labute approximate surface area is 121 Å². The number of benzene rings is 2. The molecule has 20 heavy (non-hydrogen) atoms. The van der Waals surface area contributed by atoms with Gasteiger partial charge in [0.25, 0.3) is 0 Å². The van der Waals surface area contributed by atoms with Gasteiger partial charge in [-0.15, -0.1) is 0 Å². The van der Waals surface area contributed by atoms with Crippen LogP contribution in [-0.4, -0.2) is 5.11 Å². The van der Waals surface area contributed by atoms with Gasteiger partial charge in [-0.3, -0.25) is 0 Å². The summed E-state index contributed by atoms with van der Waals surface area (Å²) in [6, 6.07) is 10.4. The van der Waals surface area contributed by atoms with Crippen molar-refractivity contribution in [2.45, 2.75) is 40.7 Å². The minimum Gasteiger partial charge on any atom is -0.508 e. The fourth-order valence-corrected chi connectivity index (χ4v) is 2.52. The molecule has 0 aliphatic carbocycles. The van der Waals surface area contributed by atoms with E-state index in [-0.39, 0.29) is 6.04 Å². The highest BCUT2D eigenvalue weighted by Gasteiger charge is 2.10. The number of phenols is 1. The van der Waals surface area contributed by atoms with Crippen LogP contribution in [0.4, 0.5) is 5.69 Å². The van der Waals surface area contributed by atoms with Crippen LogP contribution in [0, 0.1) is 27.7 Å². The minimum atomic E-state index is 0.234. The lowest BCUT2D eigenvalue weighted by atomic mass is 9.96. The van der Waals surface area contributed by atoms with Gasteiger partial charge in [-0.1, -0.05) is 12.1 Å². The van der Waals surface area contributed by atoms with Gasteiger partial charge in [0.05, 0.1) is 0 Å². The maximum absolute atomic E-state index is 9.58. The van der Waals surface area contributed by atoms with Crippen LogP contribution < -0.4 is 5.32 Å². The van der Waals surface area contributed by atoms with E-state index >= 15 is 0 Å². The Morgan fingerprint density at radius 2 is 1.50 bits per heavy atom. The van der Waals surface area contributed by atoms with Crippen LogP contribution in [0.3, 0.4) is 0 Å². The highest BCUT2D eigenvalue weighted by Crippen LogP contribution is 2.27. The smallest absolute Gasteiger partial charge is 0.118 e. The van der Waals surface area contributed by atoms with Crippen molar-refractivity contribution >= 4 is 5.69 Å². The molecule has 2 heteroatoms. The van der Waals surface area contributed by atoms with Crippen LogP contribution in [0.5, 0.6) is 5.75 Å². The summed E-state index contributed by atoms with van der Waals surface area (Å²) in [4.78, 5) is 0. The van der Waals surface area contributed by atoms with E-state index in [1.807, 2.05) is 19.1 Å². The molecule has 2 rings (SSSR count). The molecule has 0 saturated carbocycles. The average molecular weight is 269 g/mol. The first kappa shape index (κ1) is 14.4. The predicted octanol–water partition coefficient (Wildman–Crippen LogP) is 4.80. The van der Waals surface area contributed by atoms with Gasteiger partial charge >= 0.3 is 0 Å². The number of rotatable bonds is 3. The van der Waals surface area contributed by atoms with E-state index in [0.29, 0.717) is 5.75 Å². The van der Waals surface area contributed by atoms with Crippen LogP contribution in [0.25, 0.3) is 0 Å². The molecule has 106 valence electrons. The van der Waals surface area contributed by atoms with Gasteiger partial charge in [-0.25, -0.2) is 0 Å². The molecule has 0 radical (unpaired) electrons. The van der Waals surface area contributed by atoms with Crippen molar-refractivity contribution in [3.05, 3.63) is 58.1 Å². The van der Waals surface area contributed by atoms with Crippen LogP contribution in [0.15, 0.2) is 30.3 Å². The summed E-state index contributed by atoms with van der Waals surface area (Å²) < 4.78 is 0. The Morgan fingerprint density at radius 3 is 2.15 bits per heavy atom. The molecule has 0 bridgehead atoms. The molecular formula is C18H23NO. The number of aromatic hydroxyl groups is 1. The molecule has 2 nitrogen and oxygen atoms in total. The molecule has 1 unspecified atom stereocenters. The van der Waals surface area contributed by atoms with Gasteiger partial charge < -0.3 is 10.4 Å². The van der Waals surface area contributed by atoms with E-state index < -0.39 is 0 Å². The summed E-state index contributed by atoms with van der Waals surface area (Å²) in [5, 5.41) is 13.1. The molecule has 0 aliphatic heterocycles. The molecule has 0 fully saturated rings. The minimum absolute atomic E-state index is 0.234. The van der Waals surface area contributed by atoms with Gasteiger partial charge in [-0.05, 0) is 80.6 Å². The number of hydrogen-bond donors (Lipinski definition) is 2. The zero-order chi connectivity index (χ0) is 14.9. The Morgan fingerprint density at radius 1 is 0.850 bits per heavy atom. The molecule has 0 heterocycles. The van der Waals surface area contributed by atoms with E-state index in [1.165, 1.54) is 22.3 Å². The molecule has 0 saturated heterocycles. The van der Waals surface area contributed by atoms with Gasteiger partial charge in [0.2, 0.25) is 0 Å². The molecular weight excluding hydrogens is 246 g/mol. The van der Waals surface area contributed by atoms with E-state index in [4.69, 9.17) is 0 Å². The Bertz CT molecular complexity index is 632. The number of phenolic OH excluding ortho intramolecular Hbond substituents is 1. The third-order valence-electron chi connectivity index (χ3n) is 3.93. The second-order valence-electron chi connectivity index (χ2n) is 5.66. The number of aryl methyl sites for hydroxylation is 4. The monoisotopic (exact) mass is 269 g/mol. The normalized spacial score (nSPS) is 12.2. The maximum Gasteiger partial charge on any atom is 0.118 e. The summed E-state index contributed by atoms with van der Waals surface area (Å²) >= 11 is 0. The first-order valence-electron chi connectivity index (χ1n) is 7.02. The van der Waals surface area contributed by atoms with Crippen molar-refractivity contribution < 1.29 is 5.11 Å². The van der Waals surface area contributed by atoms with Crippen LogP contribution in [-0.2, 0) is 0 Å². The van der Waals surface area contributed by atoms with Crippen molar-refractivity contribution in [2.75, 3.05) is 5.32 Å². The Kier molecular flexibility index (Phi) is 4.03. The summed E-state index contributed by atoms with van der Waals surface area (Å²) in [5.41, 5.74) is 7.20. The van der Waals surface area contributed by atoms with E-state index in [0.717, 1.165) is 11.3 Å². The van der Waals surface area contributed by atoms with Crippen molar-refractivity contribution in [3.63, 3.8) is 0 Å². The molecule has 1 atom stereocenters. The highest BCUT2D eigenvalue weighted by molar-refractivity contribution is 5.52. The van der Waals surface area contributed by atoms with Crippen molar-refractivity contribution in [3.8, 4) is 5.75 Å². The van der Waals surface area contributed by atoms with E-state index in [9.17, 15) is 5.11 Å². The molecule has 2 N–H and O–H groups in total. The molecule has 0 aromatic heterocycles. The third kappa shape index (κ3) is 2.96. The Hall–Kier alpha value is -1.96. The van der Waals surface area contributed by atoms with Gasteiger partial charge in [-0.2, -0.15) is 0 Å². The zero-order valence-electron chi connectivity index (χ0n) is 12.9. The summed E-state index contributed by atoms with van der Waals surface area (Å²) in [6.45, 7) is 10.5. The summed E-state index contributed by atoms with van der Waals surface area (Å²) in [7, 11) is 0. The summed E-state index contributed by atoms with van der Waals surface area (Å²) in [6.07, 6.45) is 0. The quantitative estimate of drug-likeness (QED) is 0.784. The fourth-order valence-electron chi connectivity index (χ4n) is 2.52. The van der Waals surface area contributed by atoms with E-state index in [2.05, 4.69) is 45.1 Å². The lowest BCUT2D eigenvalue weighted by Gasteiger charge is -2.20. The van der Waals surface area contributed by atoms with Crippen molar-refractivity contribution in [1.82, 2.24) is 0 Å². The van der Waals surface area contributed by atoms with Crippen molar-refractivity contribution in [1.29, 1.82) is 0 Å². The molecule has 2 aromatic rings. The van der Waals surface area contributed by atoms with Gasteiger partial charge in [0.1, 0.15) is 5.75 Å². The second-order valence-corrected chi connectivity index (χ2v) is 5.66. The van der Waals surface area contributed by atoms with Crippen molar-refractivity contribution in [2.24, 2.45) is 0 Å². The predicted molar refractivity (Wildman–Crippen MR) is 85.5 cm³/mol.